The van der Waals surface area contributed by atoms with Gasteiger partial charge in [0.15, 0.2) is 6.10 Å². The van der Waals surface area contributed by atoms with Crippen molar-refractivity contribution in [3.05, 3.63) is 35.4 Å². The molecule has 0 aliphatic heterocycles. The van der Waals surface area contributed by atoms with E-state index < -0.39 is 18.0 Å². The number of rotatable bonds is 6. The Labute approximate surface area is 115 Å². The number of amides is 2. The number of aliphatic carboxylic acids is 1. The number of aliphatic hydroxyl groups is 1. The number of carboxylic acid groups (broad SMARTS) is 1. The predicted molar refractivity (Wildman–Crippen MR) is 69.9 cm³/mol. The number of carboxylic acids is 1. The van der Waals surface area contributed by atoms with E-state index in [1.807, 2.05) is 0 Å². The van der Waals surface area contributed by atoms with Gasteiger partial charge < -0.3 is 20.8 Å². The van der Waals surface area contributed by atoms with Crippen molar-refractivity contribution in [2.24, 2.45) is 0 Å². The lowest BCUT2D eigenvalue weighted by Gasteiger charge is -2.08. The van der Waals surface area contributed by atoms with Gasteiger partial charge >= 0.3 is 5.97 Å². The first kappa shape index (κ1) is 15.6. The van der Waals surface area contributed by atoms with Crippen molar-refractivity contribution in [3.63, 3.8) is 0 Å². The molecule has 1 unspecified atom stereocenters. The van der Waals surface area contributed by atoms with E-state index in [4.69, 9.17) is 10.2 Å². The zero-order chi connectivity index (χ0) is 15.1. The Morgan fingerprint density at radius 1 is 1.15 bits per heavy atom. The van der Waals surface area contributed by atoms with Crippen LogP contribution in [0, 0.1) is 0 Å². The highest BCUT2D eigenvalue weighted by molar-refractivity contribution is 5.94. The van der Waals surface area contributed by atoms with Crippen molar-refractivity contribution < 1.29 is 24.6 Å². The second-order valence-electron chi connectivity index (χ2n) is 4.17. The number of carbonyl (C=O) groups is 3. The van der Waals surface area contributed by atoms with Crippen LogP contribution in [0.1, 0.15) is 22.8 Å². The lowest BCUT2D eigenvalue weighted by Crippen LogP contribution is -2.36. The zero-order valence-electron chi connectivity index (χ0n) is 10.9. The summed E-state index contributed by atoms with van der Waals surface area (Å²) in [5.41, 5.74) is 1.18. The van der Waals surface area contributed by atoms with E-state index in [9.17, 15) is 14.4 Å². The maximum absolute atomic E-state index is 11.7. The Morgan fingerprint density at radius 2 is 1.75 bits per heavy atom. The molecule has 108 valence electrons. The maximum Gasteiger partial charge on any atom is 0.334 e. The number of benzene rings is 1. The number of aliphatic hydroxyl groups excluding tert-OH is 1. The molecule has 0 aliphatic carbocycles. The van der Waals surface area contributed by atoms with Gasteiger partial charge in [0.1, 0.15) is 0 Å². The summed E-state index contributed by atoms with van der Waals surface area (Å²) in [6, 6.07) is 6.47. The fraction of sp³-hybridized carbons (Fsp3) is 0.308. The van der Waals surface area contributed by atoms with E-state index in [1.165, 1.54) is 6.92 Å². The topological polar surface area (TPSA) is 116 Å². The maximum atomic E-state index is 11.7. The van der Waals surface area contributed by atoms with Gasteiger partial charge in [-0.25, -0.2) is 4.79 Å². The van der Waals surface area contributed by atoms with Gasteiger partial charge in [0, 0.05) is 19.0 Å². The number of hydrogen-bond donors (Lipinski definition) is 4. The van der Waals surface area contributed by atoms with E-state index in [0.717, 1.165) is 5.56 Å². The summed E-state index contributed by atoms with van der Waals surface area (Å²) in [4.78, 5) is 32.8. The Hall–Kier alpha value is -2.41. The molecule has 0 fully saturated rings. The quantitative estimate of drug-likeness (QED) is 0.560. The Bertz CT molecular complexity index is 498. The molecule has 1 rings (SSSR count). The minimum atomic E-state index is -1.63. The summed E-state index contributed by atoms with van der Waals surface area (Å²) in [5, 5.41) is 22.4. The molecule has 0 aromatic heterocycles. The van der Waals surface area contributed by atoms with Crippen LogP contribution in [0.3, 0.4) is 0 Å². The average Bonchev–Trinajstić information content (AvgIpc) is 2.42. The van der Waals surface area contributed by atoms with Crippen LogP contribution in [0.25, 0.3) is 0 Å². The highest BCUT2D eigenvalue weighted by Gasteiger charge is 2.14. The van der Waals surface area contributed by atoms with Gasteiger partial charge in [-0.2, -0.15) is 0 Å². The molecule has 1 aromatic rings. The van der Waals surface area contributed by atoms with Crippen molar-refractivity contribution in [2.45, 2.75) is 19.6 Å². The van der Waals surface area contributed by atoms with E-state index >= 15 is 0 Å². The largest absolute Gasteiger partial charge is 0.479 e. The van der Waals surface area contributed by atoms with Gasteiger partial charge in [0.05, 0.1) is 6.54 Å². The first-order valence-corrected chi connectivity index (χ1v) is 5.92. The highest BCUT2D eigenvalue weighted by atomic mass is 16.4. The Kier molecular flexibility index (Phi) is 5.67. The lowest BCUT2D eigenvalue weighted by atomic mass is 10.1. The lowest BCUT2D eigenvalue weighted by molar-refractivity contribution is -0.146. The van der Waals surface area contributed by atoms with Crippen molar-refractivity contribution in [2.75, 3.05) is 6.54 Å². The Balaban J connectivity index is 2.53. The number of nitrogens with one attached hydrogen (secondary N) is 2. The molecule has 0 aliphatic rings. The molecule has 7 heteroatoms. The van der Waals surface area contributed by atoms with Crippen molar-refractivity contribution in [1.82, 2.24) is 10.6 Å². The average molecular weight is 280 g/mol. The van der Waals surface area contributed by atoms with Gasteiger partial charge in [-0.3, -0.25) is 9.59 Å². The van der Waals surface area contributed by atoms with Gasteiger partial charge in [0.2, 0.25) is 5.91 Å². The minimum absolute atomic E-state index is 0.144. The monoisotopic (exact) mass is 280 g/mol. The van der Waals surface area contributed by atoms with E-state index in [0.29, 0.717) is 12.1 Å². The zero-order valence-corrected chi connectivity index (χ0v) is 10.9. The van der Waals surface area contributed by atoms with Crippen molar-refractivity contribution in [1.29, 1.82) is 0 Å². The van der Waals surface area contributed by atoms with Crippen molar-refractivity contribution >= 4 is 17.8 Å². The summed E-state index contributed by atoms with van der Waals surface area (Å²) in [5.74, 6) is -2.01. The van der Waals surface area contributed by atoms with Crippen LogP contribution in [-0.2, 0) is 16.1 Å². The standard InChI is InChI=1S/C13H16N2O5/c1-8(16)14-6-9-2-4-10(5-3-9)12(18)15-7-11(17)13(19)20/h2-5,11,17H,6-7H2,1H3,(H,14,16)(H,15,18)(H,19,20). The van der Waals surface area contributed by atoms with Crippen LogP contribution in [0.4, 0.5) is 0 Å². The molecule has 0 radical (unpaired) electrons. The third-order valence-corrected chi connectivity index (χ3v) is 2.50. The number of carbonyl (C=O) groups excluding carboxylic acids is 2. The second kappa shape index (κ2) is 7.25. The molecule has 0 saturated heterocycles. The summed E-state index contributed by atoms with van der Waals surface area (Å²) in [6.45, 7) is 1.42. The van der Waals surface area contributed by atoms with Crippen LogP contribution in [0.5, 0.6) is 0 Å². The third kappa shape index (κ3) is 5.07. The first-order chi connectivity index (χ1) is 9.40. The van der Waals surface area contributed by atoms with E-state index in [2.05, 4.69) is 10.6 Å². The number of hydrogen-bond acceptors (Lipinski definition) is 4. The summed E-state index contributed by atoms with van der Waals surface area (Å²) < 4.78 is 0. The van der Waals surface area contributed by atoms with Crippen LogP contribution < -0.4 is 10.6 Å². The van der Waals surface area contributed by atoms with Crippen LogP contribution in [0.2, 0.25) is 0 Å². The fourth-order valence-electron chi connectivity index (χ4n) is 1.38. The van der Waals surface area contributed by atoms with E-state index in [-0.39, 0.29) is 12.5 Å². The molecule has 20 heavy (non-hydrogen) atoms. The van der Waals surface area contributed by atoms with Crippen LogP contribution in [-0.4, -0.2) is 40.6 Å². The molecule has 7 nitrogen and oxygen atoms in total. The molecule has 0 spiro atoms. The normalized spacial score (nSPS) is 11.5. The molecular formula is C13H16N2O5. The Morgan fingerprint density at radius 3 is 2.25 bits per heavy atom. The fourth-order valence-corrected chi connectivity index (χ4v) is 1.38. The van der Waals surface area contributed by atoms with Gasteiger partial charge in [0.25, 0.3) is 5.91 Å². The molecule has 0 bridgehead atoms. The van der Waals surface area contributed by atoms with Crippen LogP contribution in [0.15, 0.2) is 24.3 Å². The molecule has 1 aromatic carbocycles. The summed E-state index contributed by atoms with van der Waals surface area (Å²) in [7, 11) is 0. The predicted octanol–water partition coefficient (Wildman–Crippen LogP) is -0.502. The SMILES string of the molecule is CC(=O)NCc1ccc(C(=O)NCC(O)C(=O)O)cc1. The first-order valence-electron chi connectivity index (χ1n) is 5.92. The third-order valence-electron chi connectivity index (χ3n) is 2.50. The van der Waals surface area contributed by atoms with Gasteiger partial charge in [-0.05, 0) is 17.7 Å². The molecule has 0 saturated carbocycles. The molecular weight excluding hydrogens is 264 g/mol. The van der Waals surface area contributed by atoms with Gasteiger partial charge in [-0.1, -0.05) is 12.1 Å². The highest BCUT2D eigenvalue weighted by Crippen LogP contribution is 2.04. The summed E-state index contributed by atoms with van der Waals surface area (Å²) in [6.07, 6.45) is -1.63. The smallest absolute Gasteiger partial charge is 0.334 e. The van der Waals surface area contributed by atoms with Crippen molar-refractivity contribution in [3.8, 4) is 0 Å². The molecule has 1 atom stereocenters. The molecule has 0 heterocycles. The van der Waals surface area contributed by atoms with Crippen LogP contribution >= 0.6 is 0 Å². The molecule has 2 amide bonds. The molecule has 4 N–H and O–H groups in total. The van der Waals surface area contributed by atoms with Gasteiger partial charge in [-0.15, -0.1) is 0 Å². The van der Waals surface area contributed by atoms with E-state index in [1.54, 1.807) is 24.3 Å². The second-order valence-corrected chi connectivity index (χ2v) is 4.17. The minimum Gasteiger partial charge on any atom is -0.479 e. The summed E-state index contributed by atoms with van der Waals surface area (Å²) >= 11 is 0.